The van der Waals surface area contributed by atoms with Gasteiger partial charge in [0, 0.05) is 0 Å². The summed E-state index contributed by atoms with van der Waals surface area (Å²) in [6.07, 6.45) is -4.37. The number of nitrogens with zero attached hydrogens (tertiary/aromatic N) is 2. The van der Waals surface area contributed by atoms with E-state index in [1.165, 1.54) is 0 Å². The molecule has 0 radical (unpaired) electrons. The summed E-state index contributed by atoms with van der Waals surface area (Å²) in [6, 6.07) is 0. The third-order valence-corrected chi connectivity index (χ3v) is 8.88. The minimum absolute atomic E-state index is 0.177. The second kappa shape index (κ2) is 8.61. The van der Waals surface area contributed by atoms with Gasteiger partial charge in [0.1, 0.15) is 0 Å². The molecule has 108 valence electrons. The van der Waals surface area contributed by atoms with Gasteiger partial charge in [-0.1, -0.05) is 0 Å². The molecule has 4 nitrogen and oxygen atoms in total. The first-order chi connectivity index (χ1) is 8.41. The molecule has 1 aliphatic rings. The van der Waals surface area contributed by atoms with Crippen LogP contribution in [0.15, 0.2) is 5.16 Å². The van der Waals surface area contributed by atoms with Crippen LogP contribution in [0.1, 0.15) is 0 Å². The van der Waals surface area contributed by atoms with E-state index in [-0.39, 0.29) is 6.61 Å². The van der Waals surface area contributed by atoms with Crippen LogP contribution < -0.4 is 0 Å². The van der Waals surface area contributed by atoms with Gasteiger partial charge in [-0.15, -0.1) is 0 Å². The Balaban J connectivity index is 2.32. The molecule has 0 bridgehead atoms. The van der Waals surface area contributed by atoms with Gasteiger partial charge in [-0.05, 0) is 0 Å². The summed E-state index contributed by atoms with van der Waals surface area (Å²) >= 11 is 1.37. The van der Waals surface area contributed by atoms with Gasteiger partial charge in [-0.3, -0.25) is 0 Å². The fourth-order valence-corrected chi connectivity index (χ4v) is 6.11. The van der Waals surface area contributed by atoms with E-state index in [4.69, 9.17) is 9.57 Å². The van der Waals surface area contributed by atoms with Crippen LogP contribution in [-0.2, 0) is 9.57 Å². The monoisotopic (exact) mass is 606 g/mol. The van der Waals surface area contributed by atoms with Crippen molar-refractivity contribution in [1.29, 1.82) is 0 Å². The molecule has 0 saturated carbocycles. The van der Waals surface area contributed by atoms with Gasteiger partial charge in [0.15, 0.2) is 0 Å². The number of morpholine rings is 1. The predicted molar refractivity (Wildman–Crippen MR) is 88.8 cm³/mol. The van der Waals surface area contributed by atoms with Crippen molar-refractivity contribution in [3.8, 4) is 0 Å². The summed E-state index contributed by atoms with van der Waals surface area (Å²) < 4.78 is 42.1. The van der Waals surface area contributed by atoms with Crippen molar-refractivity contribution < 1.29 is 22.7 Å². The first-order valence-electron chi connectivity index (χ1n) is 5.01. The van der Waals surface area contributed by atoms with Crippen LogP contribution in [0.4, 0.5) is 13.2 Å². The SMILES string of the molecule is FC(F)(F)/C(=N\OCCN1CCOCC1)I(I)I. The molecule has 1 fully saturated rings. The normalized spacial score (nSPS) is 19.8. The van der Waals surface area contributed by atoms with Crippen LogP contribution in [0.3, 0.4) is 0 Å². The first-order valence-corrected chi connectivity index (χ1v) is 18.7. The molecule has 0 unspecified atom stereocenters. The summed E-state index contributed by atoms with van der Waals surface area (Å²) in [5, 5.41) is 3.27. The number of ether oxygens (including phenoxy) is 1. The Morgan fingerprint density at radius 2 is 1.94 bits per heavy atom. The van der Waals surface area contributed by atoms with Crippen molar-refractivity contribution in [2.45, 2.75) is 6.18 Å². The molecule has 0 aromatic heterocycles. The van der Waals surface area contributed by atoms with Crippen LogP contribution in [0.25, 0.3) is 0 Å². The Hall–Kier alpha value is 1.37. The third-order valence-electron chi connectivity index (χ3n) is 2.12. The molecule has 0 N–H and O–H groups in total. The predicted octanol–water partition coefficient (Wildman–Crippen LogP) is 3.42. The molecule has 0 atom stereocenters. The minimum atomic E-state index is -4.37. The van der Waals surface area contributed by atoms with Gasteiger partial charge in [0.2, 0.25) is 0 Å². The van der Waals surface area contributed by atoms with E-state index in [2.05, 4.69) is 10.1 Å². The number of rotatable bonds is 5. The third kappa shape index (κ3) is 6.69. The fraction of sp³-hybridized carbons (Fsp3) is 0.875. The quantitative estimate of drug-likeness (QED) is 0.209. The Morgan fingerprint density at radius 3 is 2.44 bits per heavy atom. The first kappa shape index (κ1) is 17.4. The zero-order valence-corrected chi connectivity index (χ0v) is 15.7. The Morgan fingerprint density at radius 1 is 1.33 bits per heavy atom. The van der Waals surface area contributed by atoms with E-state index in [0.717, 1.165) is 13.1 Å². The van der Waals surface area contributed by atoms with E-state index in [0.29, 0.717) is 19.8 Å². The molecule has 0 aromatic rings. The standard InChI is InChI=1S/C8H12F3I3N2O2/c9-8(10,11)7(14(12)13)15-18-6-3-16-1-4-17-5-2-16/h1-6H2/b15-7+. The van der Waals surface area contributed by atoms with E-state index in [1.807, 2.05) is 37.2 Å². The zero-order valence-electron chi connectivity index (χ0n) is 9.22. The van der Waals surface area contributed by atoms with Gasteiger partial charge in [-0.2, -0.15) is 0 Å². The maximum absolute atomic E-state index is 12.5. The average Bonchev–Trinajstić information content (AvgIpc) is 2.27. The second-order valence-electron chi connectivity index (χ2n) is 3.36. The molecule has 0 amide bonds. The Bertz CT molecular complexity index is 283. The van der Waals surface area contributed by atoms with Gasteiger partial charge >= 0.3 is 131 Å². The fourth-order valence-electron chi connectivity index (χ4n) is 1.26. The Kier molecular flexibility index (Phi) is 8.33. The summed E-state index contributed by atoms with van der Waals surface area (Å²) in [4.78, 5) is 6.88. The molecule has 1 aliphatic heterocycles. The summed E-state index contributed by atoms with van der Waals surface area (Å²) in [5.74, 6) is 0. The van der Waals surface area contributed by atoms with E-state index in [9.17, 15) is 13.2 Å². The van der Waals surface area contributed by atoms with E-state index in [1.54, 1.807) is 0 Å². The van der Waals surface area contributed by atoms with Gasteiger partial charge in [0.05, 0.1) is 0 Å². The topological polar surface area (TPSA) is 34.1 Å². The molecule has 1 saturated heterocycles. The molecule has 10 heteroatoms. The van der Waals surface area contributed by atoms with Gasteiger partial charge in [-0.25, -0.2) is 0 Å². The van der Waals surface area contributed by atoms with Crippen molar-refractivity contribution >= 4 is 52.8 Å². The molecular weight excluding hydrogens is 594 g/mol. The zero-order chi connectivity index (χ0) is 13.6. The van der Waals surface area contributed by atoms with E-state index < -0.39 is 21.8 Å². The van der Waals surface area contributed by atoms with Gasteiger partial charge in [0.25, 0.3) is 0 Å². The van der Waals surface area contributed by atoms with Crippen LogP contribution in [0.2, 0.25) is 0 Å². The molecule has 0 aromatic carbocycles. The summed E-state index contributed by atoms with van der Waals surface area (Å²) in [6.45, 7) is 3.65. The molecule has 1 rings (SSSR count). The second-order valence-corrected chi connectivity index (χ2v) is 26.9. The maximum atomic E-state index is 12.5. The van der Waals surface area contributed by atoms with Crippen molar-refractivity contribution in [2.24, 2.45) is 5.16 Å². The molecule has 0 spiro atoms. The summed E-state index contributed by atoms with van der Waals surface area (Å²) in [5.41, 5.74) is 0. The van der Waals surface area contributed by atoms with Crippen molar-refractivity contribution in [1.82, 2.24) is 4.90 Å². The van der Waals surface area contributed by atoms with Gasteiger partial charge < -0.3 is 0 Å². The number of hydrogen-bond acceptors (Lipinski definition) is 4. The van der Waals surface area contributed by atoms with Crippen LogP contribution in [0, 0.1) is 0 Å². The number of alkyl halides is 3. The van der Waals surface area contributed by atoms with Crippen LogP contribution in [0.5, 0.6) is 0 Å². The average molecular weight is 606 g/mol. The van der Waals surface area contributed by atoms with Crippen molar-refractivity contribution in [3.63, 3.8) is 0 Å². The summed E-state index contributed by atoms with van der Waals surface area (Å²) in [7, 11) is 0. The number of halogens is 6. The van der Waals surface area contributed by atoms with Crippen LogP contribution in [-0.4, -0.2) is 54.2 Å². The molecule has 18 heavy (non-hydrogen) atoms. The molecule has 0 aliphatic carbocycles. The van der Waals surface area contributed by atoms with Crippen LogP contribution >= 0.6 is 49.1 Å². The van der Waals surface area contributed by atoms with Crippen molar-refractivity contribution in [2.75, 3.05) is 39.5 Å². The van der Waals surface area contributed by atoms with E-state index >= 15 is 0 Å². The number of oxime groups is 1. The molecular formula is C8H12F3I3N2O2. The van der Waals surface area contributed by atoms with Crippen molar-refractivity contribution in [3.05, 3.63) is 0 Å². The Labute approximate surface area is 130 Å². The molecule has 1 heterocycles. The number of hydrogen-bond donors (Lipinski definition) is 0.